The Morgan fingerprint density at radius 3 is 1.69 bits per heavy atom. The van der Waals surface area contributed by atoms with Crippen LogP contribution >= 0.6 is 0 Å². The lowest BCUT2D eigenvalue weighted by atomic mass is 9.62. The summed E-state index contributed by atoms with van der Waals surface area (Å²) in [5, 5.41) is 28.1. The van der Waals surface area contributed by atoms with Gasteiger partial charge in [0.25, 0.3) is 0 Å². The van der Waals surface area contributed by atoms with Crippen molar-refractivity contribution in [1.29, 1.82) is 0 Å². The van der Waals surface area contributed by atoms with Crippen molar-refractivity contribution in [3.05, 3.63) is 76.4 Å². The Hall–Kier alpha value is -2.43. The van der Waals surface area contributed by atoms with E-state index < -0.39 is 11.8 Å². The number of carboxylic acids is 1. The van der Waals surface area contributed by atoms with Gasteiger partial charge < -0.3 is 15.3 Å². The van der Waals surface area contributed by atoms with E-state index in [-0.39, 0.29) is 10.8 Å². The zero-order chi connectivity index (χ0) is 29.4. The molecule has 0 fully saturated rings. The lowest BCUT2D eigenvalue weighted by Crippen LogP contribution is -2.34. The van der Waals surface area contributed by atoms with Crippen LogP contribution in [0.2, 0.25) is 0 Å². The van der Waals surface area contributed by atoms with Gasteiger partial charge in [-0.25, -0.2) is 4.79 Å². The monoisotopic (exact) mass is 536 g/mol. The summed E-state index contributed by atoms with van der Waals surface area (Å²) < 4.78 is 0. The van der Waals surface area contributed by atoms with Gasteiger partial charge in [0.05, 0.1) is 5.56 Å². The van der Waals surface area contributed by atoms with Gasteiger partial charge in [-0.2, -0.15) is 0 Å². The van der Waals surface area contributed by atoms with E-state index >= 15 is 0 Å². The second-order valence-electron chi connectivity index (χ2n) is 12.7. The van der Waals surface area contributed by atoms with Gasteiger partial charge in [0.15, 0.2) is 5.79 Å². The minimum Gasteiger partial charge on any atom is -0.478 e. The molecule has 216 valence electrons. The predicted octanol–water partition coefficient (Wildman–Crippen LogP) is 8.93. The maximum atomic E-state index is 11.1. The van der Waals surface area contributed by atoms with Gasteiger partial charge in [-0.1, -0.05) is 98.1 Å². The van der Waals surface area contributed by atoms with E-state index in [4.69, 9.17) is 5.11 Å². The first-order chi connectivity index (χ1) is 18.1. The van der Waals surface area contributed by atoms with Gasteiger partial charge in [-0.05, 0) is 89.0 Å². The lowest BCUT2D eigenvalue weighted by Gasteiger charge is -2.42. The number of hydrogen-bond donors (Lipinski definition) is 3. The van der Waals surface area contributed by atoms with E-state index in [0.717, 1.165) is 55.2 Å². The second kappa shape index (κ2) is 13.8. The Morgan fingerprint density at radius 2 is 1.26 bits per heavy atom. The van der Waals surface area contributed by atoms with Crippen LogP contribution in [0.15, 0.2) is 43.0 Å². The first kappa shape index (κ1) is 32.8. The van der Waals surface area contributed by atoms with Crippen molar-refractivity contribution >= 4 is 11.5 Å². The van der Waals surface area contributed by atoms with Gasteiger partial charge in [0.2, 0.25) is 0 Å². The van der Waals surface area contributed by atoms with E-state index in [2.05, 4.69) is 67.2 Å². The van der Waals surface area contributed by atoms with Crippen molar-refractivity contribution in [2.45, 2.75) is 129 Å². The molecule has 0 atom stereocenters. The minimum atomic E-state index is -1.40. The zero-order valence-electron chi connectivity index (χ0n) is 25.5. The smallest absolute Gasteiger partial charge is 0.335 e. The minimum absolute atomic E-state index is 0.154. The van der Waals surface area contributed by atoms with Crippen molar-refractivity contribution in [1.82, 2.24) is 0 Å². The highest BCUT2D eigenvalue weighted by molar-refractivity contribution is 5.89. The molecule has 2 aromatic carbocycles. The van der Waals surface area contributed by atoms with Crippen LogP contribution < -0.4 is 0 Å². The molecule has 0 saturated heterocycles. The lowest BCUT2D eigenvalue weighted by molar-refractivity contribution is -0.172. The average molecular weight is 537 g/mol. The molecule has 3 N–H and O–H groups in total. The number of unbranched alkanes of at least 4 members (excludes halogenated alkanes) is 4. The van der Waals surface area contributed by atoms with Crippen LogP contribution in [-0.2, 0) is 10.8 Å². The van der Waals surface area contributed by atoms with Gasteiger partial charge in [0, 0.05) is 12.8 Å². The second-order valence-corrected chi connectivity index (χ2v) is 12.7. The van der Waals surface area contributed by atoms with E-state index in [1.165, 1.54) is 29.5 Å². The standard InChI is InChI=1S/C24H28O2.C11H24O2/c1-15-13-20-21(24(5,6)12-11-23(20,3)4)14-19(15)16(2)17-7-9-18(10-8-17)22(25)26;1-3-5-7-9-11(12,13)10-8-6-4-2/h7-10,13-14H,2,11-12H2,1,3-6H3,(H,25,26);12-13H,3-10H2,1-2H3. The van der Waals surface area contributed by atoms with Crippen LogP contribution in [0.4, 0.5) is 0 Å². The molecule has 4 nitrogen and oxygen atoms in total. The van der Waals surface area contributed by atoms with Gasteiger partial charge in [-0.3, -0.25) is 0 Å². The molecule has 4 heteroatoms. The molecular weight excluding hydrogens is 484 g/mol. The molecule has 0 spiro atoms. The average Bonchev–Trinajstić information content (AvgIpc) is 2.87. The van der Waals surface area contributed by atoms with Gasteiger partial charge in [0.1, 0.15) is 0 Å². The fourth-order valence-electron chi connectivity index (χ4n) is 5.46. The molecule has 39 heavy (non-hydrogen) atoms. The summed E-state index contributed by atoms with van der Waals surface area (Å²) >= 11 is 0. The quantitative estimate of drug-likeness (QED) is 0.198. The van der Waals surface area contributed by atoms with Gasteiger partial charge >= 0.3 is 5.97 Å². The first-order valence-corrected chi connectivity index (χ1v) is 14.8. The number of hydrogen-bond acceptors (Lipinski definition) is 3. The van der Waals surface area contributed by atoms with Crippen LogP contribution in [0.1, 0.15) is 144 Å². The highest BCUT2D eigenvalue weighted by Gasteiger charge is 2.37. The fourth-order valence-corrected chi connectivity index (χ4v) is 5.46. The molecule has 1 aliphatic rings. The normalized spacial score (nSPS) is 15.6. The molecule has 0 aromatic heterocycles. The third-order valence-electron chi connectivity index (χ3n) is 8.36. The summed E-state index contributed by atoms with van der Waals surface area (Å²) in [6.07, 6.45) is 9.74. The molecule has 0 bridgehead atoms. The van der Waals surface area contributed by atoms with E-state index in [9.17, 15) is 15.0 Å². The van der Waals surface area contributed by atoms with Crippen molar-refractivity contribution in [3.8, 4) is 0 Å². The van der Waals surface area contributed by atoms with Crippen molar-refractivity contribution < 1.29 is 20.1 Å². The molecule has 0 radical (unpaired) electrons. The molecule has 3 rings (SSSR count). The van der Waals surface area contributed by atoms with Gasteiger partial charge in [-0.15, -0.1) is 0 Å². The summed E-state index contributed by atoms with van der Waals surface area (Å²) in [5.41, 5.74) is 7.79. The largest absolute Gasteiger partial charge is 0.478 e. The number of carboxylic acid groups (broad SMARTS) is 1. The summed E-state index contributed by atoms with van der Waals surface area (Å²) in [6.45, 7) is 20.0. The summed E-state index contributed by atoms with van der Waals surface area (Å²) in [5.74, 6) is -2.30. The van der Waals surface area contributed by atoms with Crippen LogP contribution in [0.3, 0.4) is 0 Å². The van der Waals surface area contributed by atoms with Crippen LogP contribution in [0.25, 0.3) is 5.57 Å². The van der Waals surface area contributed by atoms with Crippen molar-refractivity contribution in [2.24, 2.45) is 0 Å². The predicted molar refractivity (Wildman–Crippen MR) is 163 cm³/mol. The van der Waals surface area contributed by atoms with Crippen LogP contribution in [0, 0.1) is 6.92 Å². The van der Waals surface area contributed by atoms with Crippen LogP contribution in [-0.4, -0.2) is 27.1 Å². The van der Waals surface area contributed by atoms with Crippen molar-refractivity contribution in [2.75, 3.05) is 0 Å². The Morgan fingerprint density at radius 1 is 0.821 bits per heavy atom. The number of rotatable bonds is 11. The Kier molecular flexibility index (Phi) is 11.6. The summed E-state index contributed by atoms with van der Waals surface area (Å²) in [7, 11) is 0. The molecule has 0 amide bonds. The molecule has 0 aliphatic heterocycles. The fraction of sp³-hybridized carbons (Fsp3) is 0.571. The zero-order valence-corrected chi connectivity index (χ0v) is 25.5. The Bertz CT molecular complexity index is 1090. The Labute approximate surface area is 237 Å². The third kappa shape index (κ3) is 9.05. The Balaban J connectivity index is 0.000000349. The first-order valence-electron chi connectivity index (χ1n) is 14.8. The molecule has 2 aromatic rings. The van der Waals surface area contributed by atoms with Crippen LogP contribution in [0.5, 0.6) is 0 Å². The highest BCUT2D eigenvalue weighted by atomic mass is 16.5. The summed E-state index contributed by atoms with van der Waals surface area (Å²) in [6, 6.07) is 11.6. The number of benzene rings is 2. The number of aryl methyl sites for hydroxylation is 1. The highest BCUT2D eigenvalue weighted by Crippen LogP contribution is 2.47. The molecule has 0 saturated carbocycles. The SMILES string of the molecule is C=C(c1ccc(C(=O)O)cc1)c1cc2c(cc1C)C(C)(C)CCC2(C)C.CCCCCC(O)(O)CCCCC. The van der Waals surface area contributed by atoms with E-state index in [0.29, 0.717) is 18.4 Å². The molecule has 0 unspecified atom stereocenters. The molecule has 0 heterocycles. The number of carbonyl (C=O) groups is 1. The molecular formula is C35H52O4. The van der Waals surface area contributed by atoms with E-state index in [1.54, 1.807) is 12.1 Å². The maximum Gasteiger partial charge on any atom is 0.335 e. The number of aliphatic hydroxyl groups is 2. The summed E-state index contributed by atoms with van der Waals surface area (Å²) in [4.78, 5) is 11.1. The topological polar surface area (TPSA) is 77.8 Å². The number of aromatic carboxylic acids is 1. The van der Waals surface area contributed by atoms with E-state index in [1.807, 2.05) is 12.1 Å². The maximum absolute atomic E-state index is 11.1. The molecule has 1 aliphatic carbocycles. The number of fused-ring (bicyclic) bond motifs is 1. The van der Waals surface area contributed by atoms with Crippen molar-refractivity contribution in [3.63, 3.8) is 0 Å². The third-order valence-corrected chi connectivity index (χ3v) is 8.36.